The molecule has 5 aliphatic carbocycles. The number of carbonyl (C=O) groups is 3. The van der Waals surface area contributed by atoms with Gasteiger partial charge < -0.3 is 19.1 Å². The van der Waals surface area contributed by atoms with E-state index in [1.807, 2.05) is 13.8 Å². The lowest BCUT2D eigenvalue weighted by Gasteiger charge is -2.73. The van der Waals surface area contributed by atoms with Crippen LogP contribution in [-0.2, 0) is 19.1 Å². The van der Waals surface area contributed by atoms with Crippen molar-refractivity contribution in [2.24, 2.45) is 62.1 Å². The molecule has 0 amide bonds. The first-order valence-electron chi connectivity index (χ1n) is 19.9. The van der Waals surface area contributed by atoms with E-state index in [0.29, 0.717) is 42.0 Å². The highest BCUT2D eigenvalue weighted by molar-refractivity contribution is 5.87. The number of carboxylic acid groups (broad SMARTS) is 1. The third-order valence-electron chi connectivity index (χ3n) is 16.4. The summed E-state index contributed by atoms with van der Waals surface area (Å²) in [5.41, 5.74) is 1.46. The molecule has 8 heteroatoms. The van der Waals surface area contributed by atoms with Crippen LogP contribution in [-0.4, -0.2) is 40.9 Å². The van der Waals surface area contributed by atoms with Gasteiger partial charge in [0.2, 0.25) is 0 Å². The van der Waals surface area contributed by atoms with Gasteiger partial charge in [-0.1, -0.05) is 65.8 Å². The second kappa shape index (κ2) is 13.0. The first-order chi connectivity index (χ1) is 23.7. The van der Waals surface area contributed by atoms with E-state index in [2.05, 4.69) is 53.3 Å². The zero-order valence-corrected chi connectivity index (χ0v) is 33.0. The van der Waals surface area contributed by atoms with Crippen molar-refractivity contribution in [3.8, 4) is 0 Å². The lowest BCUT2D eigenvalue weighted by Crippen LogP contribution is -2.66. The van der Waals surface area contributed by atoms with Crippen LogP contribution in [0.1, 0.15) is 155 Å². The van der Waals surface area contributed by atoms with Crippen molar-refractivity contribution in [3.05, 3.63) is 29.7 Å². The Balaban J connectivity index is 1.20. The Morgan fingerprint density at radius 1 is 0.941 bits per heavy atom. The molecule has 6 rings (SSSR count). The molecule has 1 aromatic heterocycles. The van der Waals surface area contributed by atoms with E-state index in [-0.39, 0.29) is 57.7 Å². The molecule has 51 heavy (non-hydrogen) atoms. The molecule has 0 spiro atoms. The molecular formula is C43H65NO7. The molecule has 1 heterocycles. The number of aromatic nitrogens is 1. The molecule has 284 valence electrons. The van der Waals surface area contributed by atoms with Gasteiger partial charge in [0.05, 0.1) is 19.4 Å². The van der Waals surface area contributed by atoms with Gasteiger partial charge in [-0.15, -0.1) is 0 Å². The largest absolute Gasteiger partial charge is 0.481 e. The fourth-order valence-electron chi connectivity index (χ4n) is 13.8. The molecular weight excluding hydrogens is 642 g/mol. The number of carbonyl (C=O) groups excluding carboxylic acids is 2. The van der Waals surface area contributed by atoms with Crippen LogP contribution in [0, 0.1) is 69.0 Å². The number of hydrogen-bond acceptors (Lipinski definition) is 7. The summed E-state index contributed by atoms with van der Waals surface area (Å²) in [5, 5.41) is 13.2. The lowest BCUT2D eigenvalue weighted by atomic mass is 9.32. The van der Waals surface area contributed by atoms with E-state index >= 15 is 0 Å². The number of carboxylic acids is 1. The Kier molecular flexibility index (Phi) is 9.74. The van der Waals surface area contributed by atoms with Gasteiger partial charge in [0.15, 0.2) is 5.69 Å². The molecule has 5 saturated carbocycles. The average Bonchev–Trinajstić information content (AvgIpc) is 3.62. The van der Waals surface area contributed by atoms with Crippen LogP contribution in [0.2, 0.25) is 0 Å². The molecule has 4 unspecified atom stereocenters. The van der Waals surface area contributed by atoms with Gasteiger partial charge in [0.25, 0.3) is 0 Å². The van der Waals surface area contributed by atoms with Crippen LogP contribution in [0.15, 0.2) is 22.7 Å². The van der Waals surface area contributed by atoms with Crippen LogP contribution in [0.4, 0.5) is 0 Å². The third kappa shape index (κ3) is 6.30. The number of aryl methyl sites for hydroxylation is 1. The van der Waals surface area contributed by atoms with Gasteiger partial charge in [-0.05, 0) is 141 Å². The van der Waals surface area contributed by atoms with Crippen LogP contribution >= 0.6 is 0 Å². The maximum atomic E-state index is 13.2. The van der Waals surface area contributed by atoms with Crippen LogP contribution in [0.3, 0.4) is 0 Å². The van der Waals surface area contributed by atoms with E-state index in [1.54, 1.807) is 13.0 Å². The van der Waals surface area contributed by atoms with Crippen molar-refractivity contribution in [2.45, 2.75) is 152 Å². The number of esters is 2. The van der Waals surface area contributed by atoms with Gasteiger partial charge in [-0.25, -0.2) is 4.79 Å². The number of ether oxygens (including phenoxy) is 2. The smallest absolute Gasteiger partial charge is 0.360 e. The highest BCUT2D eigenvalue weighted by Crippen LogP contribution is 2.78. The highest BCUT2D eigenvalue weighted by atomic mass is 16.5. The predicted octanol–water partition coefficient (Wildman–Crippen LogP) is 9.99. The van der Waals surface area contributed by atoms with Crippen LogP contribution in [0.25, 0.3) is 0 Å². The Labute approximate surface area is 306 Å². The zero-order chi connectivity index (χ0) is 37.4. The first kappa shape index (κ1) is 38.1. The normalized spacial score (nSPS) is 39.9. The van der Waals surface area contributed by atoms with Crippen molar-refractivity contribution in [3.63, 3.8) is 0 Å². The molecule has 5 aliphatic rings. The second-order valence-electron chi connectivity index (χ2n) is 20.0. The van der Waals surface area contributed by atoms with Crippen LogP contribution < -0.4 is 0 Å². The van der Waals surface area contributed by atoms with E-state index in [1.165, 1.54) is 50.5 Å². The molecule has 0 saturated heterocycles. The van der Waals surface area contributed by atoms with Gasteiger partial charge in [-0.3, -0.25) is 9.59 Å². The maximum absolute atomic E-state index is 13.2. The van der Waals surface area contributed by atoms with E-state index in [0.717, 1.165) is 25.7 Å². The monoisotopic (exact) mass is 707 g/mol. The first-order valence-corrected chi connectivity index (χ1v) is 19.9. The Morgan fingerprint density at radius 2 is 1.67 bits per heavy atom. The summed E-state index contributed by atoms with van der Waals surface area (Å²) in [6, 6.07) is 1.64. The lowest BCUT2D eigenvalue weighted by molar-refractivity contribution is -0.251. The second-order valence-corrected chi connectivity index (χ2v) is 20.0. The Morgan fingerprint density at radius 3 is 2.31 bits per heavy atom. The Hall–Kier alpha value is -2.64. The van der Waals surface area contributed by atoms with E-state index in [9.17, 15) is 19.5 Å². The molecule has 1 aromatic rings. The van der Waals surface area contributed by atoms with Gasteiger partial charge in [0.1, 0.15) is 11.9 Å². The summed E-state index contributed by atoms with van der Waals surface area (Å²) < 4.78 is 17.2. The third-order valence-corrected chi connectivity index (χ3v) is 16.4. The van der Waals surface area contributed by atoms with Crippen molar-refractivity contribution < 1.29 is 33.5 Å². The van der Waals surface area contributed by atoms with Crippen molar-refractivity contribution >= 4 is 17.9 Å². The average molecular weight is 708 g/mol. The fraction of sp³-hybridized carbons (Fsp3) is 0.814. The van der Waals surface area contributed by atoms with Gasteiger partial charge >= 0.3 is 17.9 Å². The molecule has 1 N–H and O–H groups in total. The van der Waals surface area contributed by atoms with Crippen LogP contribution in [0.5, 0.6) is 0 Å². The molecule has 5 fully saturated rings. The minimum atomic E-state index is -0.887. The summed E-state index contributed by atoms with van der Waals surface area (Å²) >= 11 is 0. The molecule has 0 bridgehead atoms. The molecule has 0 radical (unpaired) electrons. The Bertz CT molecular complexity index is 1540. The molecule has 0 aromatic carbocycles. The molecule has 10 atom stereocenters. The summed E-state index contributed by atoms with van der Waals surface area (Å²) in [6.07, 6.45) is 12.2. The topological polar surface area (TPSA) is 116 Å². The quantitative estimate of drug-likeness (QED) is 0.189. The summed E-state index contributed by atoms with van der Waals surface area (Å²) in [5.74, 6) is 1.74. The fourth-order valence-corrected chi connectivity index (χ4v) is 13.8. The standard InChI is InChI=1S/C43H65NO7/c1-26(2)28-13-18-43(21-22-49-37(48)30-23-27(3)51-44-30)20-19-41(9)29(36(28)43)11-12-32-40(8)16-15-33(39(6,7)31(40)14-17-42(32,41)10)50-35(47)25-38(4,5)24-34(45)46/h23,28-29,31-33,36H,1,11-22,24-25H2,2-10H3,(H,45,46)/t28-,29+,31?,32?,33?,36?,40-,41+,42+,43+/m0/s1. The van der Waals surface area contributed by atoms with Gasteiger partial charge in [0, 0.05) is 11.5 Å². The zero-order valence-electron chi connectivity index (χ0n) is 33.0. The van der Waals surface area contributed by atoms with Crippen molar-refractivity contribution in [1.82, 2.24) is 5.16 Å². The maximum Gasteiger partial charge on any atom is 0.360 e. The SMILES string of the molecule is C=C(C)[C@@H]1CC[C@]2(CCOC(=O)c3cc(C)on3)CC[C@]3(C)[C@H](CCC4[C@@]5(C)CCC(OC(=O)CC(C)(C)CC(=O)O)C(C)(C)C5CC[C@]43C)C12. The summed E-state index contributed by atoms with van der Waals surface area (Å²) in [4.78, 5) is 37.4. The van der Waals surface area contributed by atoms with Gasteiger partial charge in [-0.2, -0.15) is 0 Å². The number of aliphatic carboxylic acids is 1. The summed E-state index contributed by atoms with van der Waals surface area (Å²) in [6.45, 7) is 25.2. The van der Waals surface area contributed by atoms with E-state index in [4.69, 9.17) is 14.0 Å². The number of rotatable bonds is 10. The number of hydrogen-bond donors (Lipinski definition) is 1. The predicted molar refractivity (Wildman–Crippen MR) is 196 cm³/mol. The van der Waals surface area contributed by atoms with E-state index < -0.39 is 17.4 Å². The number of fused-ring (bicyclic) bond motifs is 7. The number of allylic oxidation sites excluding steroid dienone is 1. The summed E-state index contributed by atoms with van der Waals surface area (Å²) in [7, 11) is 0. The molecule has 0 aliphatic heterocycles. The minimum absolute atomic E-state index is 0.0526. The van der Waals surface area contributed by atoms with Crippen molar-refractivity contribution in [1.29, 1.82) is 0 Å². The minimum Gasteiger partial charge on any atom is -0.481 e. The molecule has 8 nitrogen and oxygen atoms in total. The number of nitrogens with zero attached hydrogens (tertiary/aromatic N) is 1. The van der Waals surface area contributed by atoms with Crippen molar-refractivity contribution in [2.75, 3.05) is 6.61 Å². The highest BCUT2D eigenvalue weighted by Gasteiger charge is 2.71.